The zero-order valence-electron chi connectivity index (χ0n) is 10.7. The second-order valence-corrected chi connectivity index (χ2v) is 6.26. The third-order valence-electron chi connectivity index (χ3n) is 3.86. The van der Waals surface area contributed by atoms with Gasteiger partial charge in [0.25, 0.3) is 0 Å². The summed E-state index contributed by atoms with van der Waals surface area (Å²) in [5.41, 5.74) is 0.766. The van der Waals surface area contributed by atoms with Crippen molar-refractivity contribution < 1.29 is 4.79 Å². The Morgan fingerprint density at radius 2 is 2.41 bits per heavy atom. The van der Waals surface area contributed by atoms with Crippen LogP contribution in [0.15, 0.2) is 5.38 Å². The number of nitrogens with zero attached hydrogens (tertiary/aromatic N) is 1. The first-order valence-corrected chi connectivity index (χ1v) is 7.07. The van der Waals surface area contributed by atoms with Crippen molar-refractivity contribution >= 4 is 17.1 Å². The van der Waals surface area contributed by atoms with Crippen molar-refractivity contribution in [3.63, 3.8) is 0 Å². The molecule has 1 saturated heterocycles. The van der Waals surface area contributed by atoms with Gasteiger partial charge in [-0.25, -0.2) is 4.98 Å². The van der Waals surface area contributed by atoms with Gasteiger partial charge in [-0.15, -0.1) is 11.3 Å². The van der Waals surface area contributed by atoms with Gasteiger partial charge < -0.3 is 5.32 Å². The number of hydrogen-bond donors (Lipinski definition) is 1. The fourth-order valence-electron chi connectivity index (χ4n) is 2.59. The summed E-state index contributed by atoms with van der Waals surface area (Å²) in [5, 5.41) is 6.37. The monoisotopic (exact) mass is 252 g/mol. The molecule has 0 aliphatic carbocycles. The summed E-state index contributed by atoms with van der Waals surface area (Å²) in [5.74, 6) is 0.743. The molecule has 17 heavy (non-hydrogen) atoms. The lowest BCUT2D eigenvalue weighted by molar-refractivity contribution is -0.129. The van der Waals surface area contributed by atoms with Gasteiger partial charge in [0.1, 0.15) is 5.78 Å². The molecule has 1 aromatic rings. The number of aromatic nitrogens is 1. The lowest BCUT2D eigenvalue weighted by Gasteiger charge is -2.30. The van der Waals surface area contributed by atoms with Crippen molar-refractivity contribution in [3.05, 3.63) is 16.1 Å². The first kappa shape index (κ1) is 12.7. The van der Waals surface area contributed by atoms with Crippen molar-refractivity contribution in [2.45, 2.75) is 33.6 Å². The molecule has 2 heterocycles. The molecule has 0 spiro atoms. The van der Waals surface area contributed by atoms with Crippen LogP contribution in [0.2, 0.25) is 0 Å². The number of rotatable bonds is 4. The number of nitrogens with one attached hydrogen (secondary N) is 1. The van der Waals surface area contributed by atoms with Crippen molar-refractivity contribution in [2.24, 2.45) is 11.3 Å². The highest BCUT2D eigenvalue weighted by Gasteiger charge is 2.43. The summed E-state index contributed by atoms with van der Waals surface area (Å²) in [7, 11) is 0. The zero-order chi connectivity index (χ0) is 12.5. The van der Waals surface area contributed by atoms with Gasteiger partial charge in [0.15, 0.2) is 0 Å². The molecule has 2 rings (SSSR count). The minimum Gasteiger partial charge on any atom is -0.316 e. The van der Waals surface area contributed by atoms with Crippen LogP contribution in [-0.2, 0) is 11.2 Å². The van der Waals surface area contributed by atoms with Crippen LogP contribution in [0.3, 0.4) is 0 Å². The van der Waals surface area contributed by atoms with Crippen LogP contribution >= 0.6 is 11.3 Å². The predicted molar refractivity (Wildman–Crippen MR) is 70.3 cm³/mol. The van der Waals surface area contributed by atoms with E-state index in [1.807, 2.05) is 12.3 Å². The molecule has 3 nitrogen and oxygen atoms in total. The molecule has 1 unspecified atom stereocenters. The van der Waals surface area contributed by atoms with Crippen LogP contribution in [0.25, 0.3) is 0 Å². The van der Waals surface area contributed by atoms with Gasteiger partial charge in [-0.2, -0.15) is 0 Å². The average Bonchev–Trinajstić information content (AvgIpc) is 2.87. The molecule has 1 aliphatic rings. The fraction of sp³-hybridized carbons (Fsp3) is 0.692. The van der Waals surface area contributed by atoms with Crippen molar-refractivity contribution in [2.75, 3.05) is 13.1 Å². The number of aryl methyl sites for hydroxylation is 1. The molecule has 4 heteroatoms. The quantitative estimate of drug-likeness (QED) is 0.893. The van der Waals surface area contributed by atoms with Gasteiger partial charge >= 0.3 is 0 Å². The average molecular weight is 252 g/mol. The lowest BCUT2D eigenvalue weighted by Crippen LogP contribution is -2.39. The number of thiazole rings is 1. The fourth-order valence-corrected chi connectivity index (χ4v) is 3.21. The highest BCUT2D eigenvalue weighted by molar-refractivity contribution is 7.09. The Morgan fingerprint density at radius 3 is 2.88 bits per heavy atom. The largest absolute Gasteiger partial charge is 0.316 e. The molecular formula is C13H20N2OS. The molecule has 1 N–H and O–H groups in total. The second kappa shape index (κ2) is 4.86. The SMILES string of the molecule is Cc1nc(CC(=O)C2(C(C)C)CCNC2)cs1. The maximum Gasteiger partial charge on any atom is 0.146 e. The Kier molecular flexibility index (Phi) is 3.64. The maximum absolute atomic E-state index is 12.5. The summed E-state index contributed by atoms with van der Waals surface area (Å²) in [6, 6.07) is 0. The van der Waals surface area contributed by atoms with E-state index < -0.39 is 0 Å². The molecule has 0 amide bonds. The number of carbonyl (C=O) groups is 1. The molecular weight excluding hydrogens is 232 g/mol. The van der Waals surface area contributed by atoms with Crippen LogP contribution in [0, 0.1) is 18.3 Å². The van der Waals surface area contributed by atoms with Crippen LogP contribution in [0.5, 0.6) is 0 Å². The maximum atomic E-state index is 12.5. The van der Waals surface area contributed by atoms with Gasteiger partial charge in [-0.05, 0) is 25.8 Å². The third-order valence-corrected chi connectivity index (χ3v) is 4.68. The molecule has 94 valence electrons. The number of hydrogen-bond acceptors (Lipinski definition) is 4. The molecule has 1 aliphatic heterocycles. The van der Waals surface area contributed by atoms with E-state index in [9.17, 15) is 4.79 Å². The molecule has 0 radical (unpaired) electrons. The van der Waals surface area contributed by atoms with E-state index in [4.69, 9.17) is 0 Å². The Bertz CT molecular complexity index is 405. The van der Waals surface area contributed by atoms with E-state index in [1.54, 1.807) is 11.3 Å². The Morgan fingerprint density at radius 1 is 1.65 bits per heavy atom. The first-order chi connectivity index (χ1) is 8.04. The predicted octanol–water partition coefficient (Wildman–Crippen LogP) is 2.20. The lowest BCUT2D eigenvalue weighted by atomic mass is 9.72. The van der Waals surface area contributed by atoms with E-state index in [1.165, 1.54) is 0 Å². The minimum atomic E-state index is -0.169. The van der Waals surface area contributed by atoms with E-state index in [0.29, 0.717) is 18.1 Å². The number of carbonyl (C=O) groups excluding carboxylic acids is 1. The number of ketones is 1. The summed E-state index contributed by atoms with van der Waals surface area (Å²) in [4.78, 5) is 16.9. The molecule has 0 bridgehead atoms. The van der Waals surface area contributed by atoms with E-state index in [-0.39, 0.29) is 5.41 Å². The molecule has 1 aromatic heterocycles. The minimum absolute atomic E-state index is 0.169. The van der Waals surface area contributed by atoms with Gasteiger partial charge in [-0.1, -0.05) is 13.8 Å². The summed E-state index contributed by atoms with van der Waals surface area (Å²) in [6.07, 6.45) is 1.46. The third kappa shape index (κ3) is 2.43. The van der Waals surface area contributed by atoms with Gasteiger partial charge in [0, 0.05) is 17.3 Å². The number of Topliss-reactive ketones (excluding diaryl/α,β-unsaturated/α-hetero) is 1. The summed E-state index contributed by atoms with van der Waals surface area (Å²) >= 11 is 1.62. The van der Waals surface area contributed by atoms with Crippen molar-refractivity contribution in [3.8, 4) is 0 Å². The normalized spacial score (nSPS) is 24.5. The zero-order valence-corrected chi connectivity index (χ0v) is 11.6. The van der Waals surface area contributed by atoms with Crippen LogP contribution in [0.1, 0.15) is 31.0 Å². The standard InChI is InChI=1S/C13H20N2OS/c1-9(2)13(4-5-14-8-13)12(16)6-11-7-17-10(3)15-11/h7,9,14H,4-6,8H2,1-3H3. The highest BCUT2D eigenvalue weighted by atomic mass is 32.1. The van der Waals surface area contributed by atoms with Crippen LogP contribution in [-0.4, -0.2) is 23.9 Å². The molecule has 0 aromatic carbocycles. The van der Waals surface area contributed by atoms with Gasteiger partial charge in [0.05, 0.1) is 17.1 Å². The highest BCUT2D eigenvalue weighted by Crippen LogP contribution is 2.36. The first-order valence-electron chi connectivity index (χ1n) is 6.19. The molecule has 1 fully saturated rings. The van der Waals surface area contributed by atoms with Crippen LogP contribution in [0.4, 0.5) is 0 Å². The summed E-state index contributed by atoms with van der Waals surface area (Å²) in [6.45, 7) is 8.06. The molecule has 0 saturated carbocycles. The van der Waals surface area contributed by atoms with Crippen molar-refractivity contribution in [1.29, 1.82) is 0 Å². The Hall–Kier alpha value is -0.740. The topological polar surface area (TPSA) is 42.0 Å². The summed E-state index contributed by atoms with van der Waals surface area (Å²) < 4.78 is 0. The Labute approximate surface area is 107 Å². The van der Waals surface area contributed by atoms with Crippen molar-refractivity contribution in [1.82, 2.24) is 10.3 Å². The van der Waals surface area contributed by atoms with Gasteiger partial charge in [0.2, 0.25) is 0 Å². The molecule has 1 atom stereocenters. The van der Waals surface area contributed by atoms with E-state index >= 15 is 0 Å². The second-order valence-electron chi connectivity index (χ2n) is 5.20. The van der Waals surface area contributed by atoms with E-state index in [2.05, 4.69) is 24.1 Å². The van der Waals surface area contributed by atoms with E-state index in [0.717, 1.165) is 30.2 Å². The van der Waals surface area contributed by atoms with Crippen LogP contribution < -0.4 is 5.32 Å². The van der Waals surface area contributed by atoms with Gasteiger partial charge in [-0.3, -0.25) is 4.79 Å². The smallest absolute Gasteiger partial charge is 0.146 e. The Balaban J connectivity index is 2.12.